The van der Waals surface area contributed by atoms with Crippen molar-refractivity contribution in [2.75, 3.05) is 52.4 Å². The van der Waals surface area contributed by atoms with Gasteiger partial charge in [0.25, 0.3) is 11.8 Å². The first-order valence-corrected chi connectivity index (χ1v) is 26.8. The summed E-state index contributed by atoms with van der Waals surface area (Å²) in [6.07, 6.45) is 7.19. The number of hydrogen-bond donors (Lipinski definition) is 2. The van der Waals surface area contributed by atoms with Crippen molar-refractivity contribution in [2.24, 2.45) is 10.8 Å². The highest BCUT2D eigenvalue weighted by Gasteiger charge is 2.44. The standard InChI is InChI=1S/C62H65ClN4O8/c63-46-23-24-51(58(69)67-39-31-62(32-40-67)27-35-65(36-28-62)43-45-14-8-12-22-54(45)75-48-17-5-2-6-18-48)52(41-46)56(60(72)73)55(59(70)71)49-19-9-10-20-50(49)57(68)66-37-29-61(30-38-66)25-33-64(34-26-61)42-44-13-7-11-21-53(44)74-47-15-3-1-4-16-47/h1-24,41,55-56H,25-40,42-43H2,(H,70,71)(H,72,73). The quantitative estimate of drug-likeness (QED) is 0.102. The monoisotopic (exact) mass is 1030 g/mol. The van der Waals surface area contributed by atoms with E-state index in [1.54, 1.807) is 34.1 Å². The minimum Gasteiger partial charge on any atom is -0.481 e. The van der Waals surface area contributed by atoms with E-state index in [0.717, 1.165) is 125 Å². The number of aliphatic carboxylic acids is 2. The molecule has 2 unspecified atom stereocenters. The second-order valence-electron chi connectivity index (χ2n) is 21.1. The van der Waals surface area contributed by atoms with Crippen molar-refractivity contribution >= 4 is 35.4 Å². The number of carbonyl (C=O) groups is 4. The van der Waals surface area contributed by atoms with E-state index < -0.39 is 23.8 Å². The van der Waals surface area contributed by atoms with Gasteiger partial charge in [-0.15, -0.1) is 0 Å². The number of rotatable bonds is 15. The maximum Gasteiger partial charge on any atom is 0.312 e. The molecule has 0 aromatic heterocycles. The molecule has 4 fully saturated rings. The van der Waals surface area contributed by atoms with Crippen molar-refractivity contribution in [1.29, 1.82) is 0 Å². The van der Waals surface area contributed by atoms with Crippen LogP contribution in [-0.4, -0.2) is 106 Å². The second kappa shape index (κ2) is 22.9. The van der Waals surface area contributed by atoms with Gasteiger partial charge in [-0.1, -0.05) is 103 Å². The molecule has 388 valence electrons. The Morgan fingerprint density at radius 1 is 0.453 bits per heavy atom. The Balaban J connectivity index is 0.778. The summed E-state index contributed by atoms with van der Waals surface area (Å²) < 4.78 is 12.5. The van der Waals surface area contributed by atoms with Gasteiger partial charge in [-0.2, -0.15) is 0 Å². The summed E-state index contributed by atoms with van der Waals surface area (Å²) in [5, 5.41) is 22.2. The predicted molar refractivity (Wildman–Crippen MR) is 289 cm³/mol. The first kappa shape index (κ1) is 51.5. The lowest BCUT2D eigenvalue weighted by Gasteiger charge is -2.47. The van der Waals surface area contributed by atoms with E-state index in [2.05, 4.69) is 21.9 Å². The van der Waals surface area contributed by atoms with Crippen LogP contribution in [0.1, 0.15) is 106 Å². The number of piperidine rings is 4. The van der Waals surface area contributed by atoms with E-state index in [1.165, 1.54) is 18.2 Å². The lowest BCUT2D eigenvalue weighted by atomic mass is 9.71. The fourth-order valence-electron chi connectivity index (χ4n) is 12.1. The van der Waals surface area contributed by atoms with E-state index in [-0.39, 0.29) is 49.9 Å². The number of para-hydroxylation sites is 4. The number of amides is 2. The van der Waals surface area contributed by atoms with Crippen LogP contribution in [0.3, 0.4) is 0 Å². The fourth-order valence-corrected chi connectivity index (χ4v) is 12.3. The molecule has 6 aromatic rings. The molecular formula is C62H65ClN4O8. The summed E-state index contributed by atoms with van der Waals surface area (Å²) in [4.78, 5) is 64.8. The Kier molecular flexibility index (Phi) is 15.7. The highest BCUT2D eigenvalue weighted by molar-refractivity contribution is 6.30. The van der Waals surface area contributed by atoms with Crippen molar-refractivity contribution in [3.8, 4) is 23.0 Å². The number of carboxylic acid groups (broad SMARTS) is 2. The van der Waals surface area contributed by atoms with Gasteiger partial charge in [0.05, 0.1) is 11.8 Å². The van der Waals surface area contributed by atoms with Gasteiger partial charge in [0, 0.05) is 66.5 Å². The molecular weight excluding hydrogens is 964 g/mol. The molecule has 13 heteroatoms. The lowest BCUT2D eigenvalue weighted by molar-refractivity contribution is -0.147. The molecule has 4 saturated heterocycles. The maximum absolute atomic E-state index is 14.6. The summed E-state index contributed by atoms with van der Waals surface area (Å²) in [6, 6.07) is 46.8. The molecule has 2 N–H and O–H groups in total. The highest BCUT2D eigenvalue weighted by atomic mass is 35.5. The Labute approximate surface area is 444 Å². The van der Waals surface area contributed by atoms with Gasteiger partial charge >= 0.3 is 11.9 Å². The van der Waals surface area contributed by atoms with Crippen LogP contribution in [0.4, 0.5) is 0 Å². The van der Waals surface area contributed by atoms with Gasteiger partial charge in [-0.3, -0.25) is 29.0 Å². The van der Waals surface area contributed by atoms with Gasteiger partial charge < -0.3 is 29.5 Å². The maximum atomic E-state index is 14.6. The van der Waals surface area contributed by atoms with Crippen LogP contribution in [0.5, 0.6) is 23.0 Å². The molecule has 10 rings (SSSR count). The van der Waals surface area contributed by atoms with Crippen LogP contribution >= 0.6 is 11.6 Å². The summed E-state index contributed by atoms with van der Waals surface area (Å²) in [7, 11) is 0. The normalized spacial score (nSPS) is 18.5. The molecule has 0 bridgehead atoms. The largest absolute Gasteiger partial charge is 0.481 e. The molecule has 4 heterocycles. The third kappa shape index (κ3) is 11.8. The molecule has 6 aromatic carbocycles. The molecule has 75 heavy (non-hydrogen) atoms. The van der Waals surface area contributed by atoms with Gasteiger partial charge in [0.15, 0.2) is 0 Å². The van der Waals surface area contributed by atoms with Gasteiger partial charge in [-0.05, 0) is 160 Å². The Morgan fingerprint density at radius 3 is 1.28 bits per heavy atom. The summed E-state index contributed by atoms with van der Waals surface area (Å²) in [5.74, 6) is -3.69. The van der Waals surface area contributed by atoms with E-state index in [4.69, 9.17) is 21.1 Å². The van der Waals surface area contributed by atoms with Crippen LogP contribution in [0.25, 0.3) is 0 Å². The van der Waals surface area contributed by atoms with Gasteiger partial charge in [-0.25, -0.2) is 0 Å². The Hall–Kier alpha value is -6.99. The molecule has 0 saturated carbocycles. The number of nitrogens with zero attached hydrogens (tertiary/aromatic N) is 4. The van der Waals surface area contributed by atoms with Gasteiger partial charge in [0.1, 0.15) is 23.0 Å². The fraction of sp³-hybridized carbons (Fsp3) is 0.355. The summed E-state index contributed by atoms with van der Waals surface area (Å²) in [6.45, 7) is 7.19. The van der Waals surface area contributed by atoms with E-state index >= 15 is 0 Å². The van der Waals surface area contributed by atoms with Crippen LogP contribution in [0.15, 0.2) is 152 Å². The minimum atomic E-state index is -1.73. The third-order valence-electron chi connectivity index (χ3n) is 16.7. The summed E-state index contributed by atoms with van der Waals surface area (Å²) >= 11 is 6.57. The third-order valence-corrected chi connectivity index (χ3v) is 16.9. The number of carbonyl (C=O) groups excluding carboxylic acids is 2. The van der Waals surface area contributed by atoms with Gasteiger partial charge in [0.2, 0.25) is 0 Å². The van der Waals surface area contributed by atoms with Crippen molar-refractivity contribution in [3.05, 3.63) is 190 Å². The number of halogens is 1. The number of ether oxygens (including phenoxy) is 2. The van der Waals surface area contributed by atoms with E-state index in [9.17, 15) is 29.4 Å². The zero-order valence-corrected chi connectivity index (χ0v) is 43.1. The zero-order valence-electron chi connectivity index (χ0n) is 42.3. The molecule has 4 aliphatic rings. The van der Waals surface area contributed by atoms with Crippen LogP contribution < -0.4 is 9.47 Å². The molecule has 0 radical (unpaired) electrons. The number of carboxylic acids is 2. The molecule has 12 nitrogen and oxygen atoms in total. The zero-order chi connectivity index (χ0) is 51.9. The topological polar surface area (TPSA) is 140 Å². The van der Waals surface area contributed by atoms with Crippen molar-refractivity contribution in [2.45, 2.75) is 76.3 Å². The first-order valence-electron chi connectivity index (χ1n) is 26.4. The SMILES string of the molecule is O=C(O)C(c1ccccc1C(=O)N1CCC2(CCN(Cc3ccccc3Oc3ccccc3)CC2)CC1)C(C(=O)O)c1cc(Cl)ccc1C(=O)N1CCC2(CCN(Cc3ccccc3Oc3ccccc3)CC2)CC1. The predicted octanol–water partition coefficient (Wildman–Crippen LogP) is 12.0. The van der Waals surface area contributed by atoms with Crippen LogP contribution in [-0.2, 0) is 22.7 Å². The average molecular weight is 1030 g/mol. The average Bonchev–Trinajstić information content (AvgIpc) is 3.43. The number of benzene rings is 6. The minimum absolute atomic E-state index is 0.0123. The number of hydrogen-bond acceptors (Lipinski definition) is 8. The number of likely N-dealkylation sites (tertiary alicyclic amines) is 4. The molecule has 4 aliphatic heterocycles. The lowest BCUT2D eigenvalue weighted by Crippen LogP contribution is -2.48. The summed E-state index contributed by atoms with van der Waals surface area (Å²) in [5.41, 5.74) is 2.76. The van der Waals surface area contributed by atoms with E-state index in [1.807, 2.05) is 97.1 Å². The van der Waals surface area contributed by atoms with E-state index in [0.29, 0.717) is 26.2 Å². The van der Waals surface area contributed by atoms with Crippen LogP contribution in [0, 0.1) is 10.8 Å². The van der Waals surface area contributed by atoms with Crippen molar-refractivity contribution in [1.82, 2.24) is 19.6 Å². The molecule has 0 aliphatic carbocycles. The molecule has 2 amide bonds. The van der Waals surface area contributed by atoms with Crippen molar-refractivity contribution < 1.29 is 38.9 Å². The molecule has 2 spiro atoms. The molecule has 2 atom stereocenters. The highest BCUT2D eigenvalue weighted by Crippen LogP contribution is 2.45. The Bertz CT molecular complexity index is 2970. The smallest absolute Gasteiger partial charge is 0.312 e. The van der Waals surface area contributed by atoms with Crippen molar-refractivity contribution in [3.63, 3.8) is 0 Å². The second-order valence-corrected chi connectivity index (χ2v) is 21.6. The Morgan fingerprint density at radius 2 is 0.827 bits per heavy atom. The van der Waals surface area contributed by atoms with Crippen LogP contribution in [0.2, 0.25) is 5.02 Å². The first-order chi connectivity index (χ1) is 36.5.